The van der Waals surface area contributed by atoms with Crippen molar-refractivity contribution in [1.82, 2.24) is 20.2 Å². The summed E-state index contributed by atoms with van der Waals surface area (Å²) in [5.74, 6) is -0.00846. The zero-order valence-corrected chi connectivity index (χ0v) is 21.1. The summed E-state index contributed by atoms with van der Waals surface area (Å²) in [6, 6.07) is 12.7. The van der Waals surface area contributed by atoms with Crippen LogP contribution in [0.25, 0.3) is 16.6 Å². The number of aliphatic hydroxyl groups excluding tert-OH is 1. The highest BCUT2D eigenvalue weighted by molar-refractivity contribution is 5.96. The Hall–Kier alpha value is -3.77. The quantitative estimate of drug-likeness (QED) is 0.455. The number of morpholine rings is 1. The van der Waals surface area contributed by atoms with E-state index in [1.54, 1.807) is 55.4 Å². The SMILES string of the molecule is CC(C)(C)OC(=O)n1nc(C2=CN(c3ccc(C(=O)N4CCOCC4)cc3)N[NH2+]2)c2cc(CO)ccc21. The monoisotopic (exact) mass is 507 g/mol. The molecule has 2 aliphatic heterocycles. The Kier molecular flexibility index (Phi) is 6.69. The second-order valence-electron chi connectivity index (χ2n) is 9.93. The van der Waals surface area contributed by atoms with Crippen molar-refractivity contribution < 1.29 is 29.6 Å². The van der Waals surface area contributed by atoms with E-state index in [4.69, 9.17) is 9.47 Å². The van der Waals surface area contributed by atoms with Crippen LogP contribution in [-0.2, 0) is 16.1 Å². The van der Waals surface area contributed by atoms with Gasteiger partial charge in [0.05, 0.1) is 37.2 Å². The van der Waals surface area contributed by atoms with Crippen LogP contribution in [0.5, 0.6) is 0 Å². The number of benzene rings is 2. The first-order chi connectivity index (χ1) is 17.7. The minimum absolute atomic E-state index is 0.00846. The van der Waals surface area contributed by atoms with E-state index in [0.717, 1.165) is 16.8 Å². The van der Waals surface area contributed by atoms with Crippen LogP contribution in [0, 0.1) is 0 Å². The summed E-state index contributed by atoms with van der Waals surface area (Å²) >= 11 is 0. The van der Waals surface area contributed by atoms with Crippen LogP contribution in [0.1, 0.15) is 42.4 Å². The third-order valence-electron chi connectivity index (χ3n) is 6.08. The van der Waals surface area contributed by atoms with Gasteiger partial charge in [0.1, 0.15) is 5.60 Å². The number of amides is 1. The summed E-state index contributed by atoms with van der Waals surface area (Å²) in [5.41, 5.74) is 8.38. The third kappa shape index (κ3) is 5.20. The summed E-state index contributed by atoms with van der Waals surface area (Å²) < 4.78 is 12.1. The van der Waals surface area contributed by atoms with E-state index in [1.165, 1.54) is 4.68 Å². The number of nitrogens with zero attached hydrogens (tertiary/aromatic N) is 4. The van der Waals surface area contributed by atoms with Gasteiger partial charge in [-0.05, 0) is 62.7 Å². The van der Waals surface area contributed by atoms with Crippen molar-refractivity contribution in [2.24, 2.45) is 0 Å². The van der Waals surface area contributed by atoms with Gasteiger partial charge in [0.25, 0.3) is 5.91 Å². The molecule has 0 bridgehead atoms. The number of quaternary nitrogens is 1. The molecule has 3 aromatic rings. The molecule has 3 heterocycles. The minimum Gasteiger partial charge on any atom is -0.442 e. The molecule has 1 saturated heterocycles. The van der Waals surface area contributed by atoms with Crippen LogP contribution in [0.3, 0.4) is 0 Å². The van der Waals surface area contributed by atoms with Crippen LogP contribution >= 0.6 is 0 Å². The number of carbonyl (C=O) groups excluding carboxylic acids is 2. The van der Waals surface area contributed by atoms with Crippen LogP contribution in [0.15, 0.2) is 48.7 Å². The lowest BCUT2D eigenvalue weighted by Crippen LogP contribution is -2.90. The predicted octanol–water partition coefficient (Wildman–Crippen LogP) is 1.59. The molecule has 0 unspecified atom stereocenters. The van der Waals surface area contributed by atoms with E-state index >= 15 is 0 Å². The Morgan fingerprint density at radius 3 is 2.54 bits per heavy atom. The summed E-state index contributed by atoms with van der Waals surface area (Å²) in [6.07, 6.45) is 1.29. The number of nitrogens with two attached hydrogens (primary N) is 1. The lowest BCUT2D eigenvalue weighted by Gasteiger charge is -2.27. The highest BCUT2D eigenvalue weighted by atomic mass is 16.6. The maximum Gasteiger partial charge on any atom is 0.435 e. The maximum atomic E-state index is 12.9. The molecule has 1 aromatic heterocycles. The van der Waals surface area contributed by atoms with Crippen LogP contribution in [0.2, 0.25) is 0 Å². The average Bonchev–Trinajstić information content (AvgIpc) is 3.53. The van der Waals surface area contributed by atoms with Gasteiger partial charge < -0.3 is 19.5 Å². The van der Waals surface area contributed by atoms with E-state index in [2.05, 4.69) is 10.6 Å². The largest absolute Gasteiger partial charge is 0.442 e. The van der Waals surface area contributed by atoms with Crippen LogP contribution in [-0.4, -0.2) is 63.7 Å². The number of aliphatic hydroxyl groups is 1. The lowest BCUT2D eigenvalue weighted by molar-refractivity contribution is -0.618. The Morgan fingerprint density at radius 1 is 1.14 bits per heavy atom. The zero-order chi connectivity index (χ0) is 26.2. The molecular weight excluding hydrogens is 476 g/mol. The van der Waals surface area contributed by atoms with Crippen molar-refractivity contribution in [3.63, 3.8) is 0 Å². The third-order valence-corrected chi connectivity index (χ3v) is 6.08. The number of anilines is 1. The number of nitrogens with one attached hydrogen (secondary N) is 1. The molecule has 2 aromatic carbocycles. The Morgan fingerprint density at radius 2 is 1.86 bits per heavy atom. The van der Waals surface area contributed by atoms with Gasteiger partial charge >= 0.3 is 6.09 Å². The molecule has 0 atom stereocenters. The smallest absolute Gasteiger partial charge is 0.435 e. The summed E-state index contributed by atoms with van der Waals surface area (Å²) in [5, 5.41) is 16.8. The van der Waals surface area contributed by atoms with E-state index in [9.17, 15) is 14.7 Å². The number of fused-ring (bicyclic) bond motifs is 1. The number of carbonyl (C=O) groups is 2. The molecule has 2 aliphatic rings. The highest BCUT2D eigenvalue weighted by Crippen LogP contribution is 2.26. The summed E-state index contributed by atoms with van der Waals surface area (Å²) in [4.78, 5) is 27.4. The molecule has 5 rings (SSSR count). The van der Waals surface area contributed by atoms with Crippen molar-refractivity contribution in [3.05, 3.63) is 65.5 Å². The second-order valence-corrected chi connectivity index (χ2v) is 9.93. The maximum absolute atomic E-state index is 12.9. The van der Waals surface area contributed by atoms with Gasteiger partial charge in [-0.25, -0.2) is 15.2 Å². The van der Waals surface area contributed by atoms with Crippen molar-refractivity contribution in [3.8, 4) is 0 Å². The van der Waals surface area contributed by atoms with Gasteiger partial charge in [0.15, 0.2) is 11.4 Å². The Bertz CT molecular complexity index is 1350. The highest BCUT2D eigenvalue weighted by Gasteiger charge is 2.28. The molecule has 11 heteroatoms. The first kappa shape index (κ1) is 24.9. The van der Waals surface area contributed by atoms with Crippen molar-refractivity contribution in [1.29, 1.82) is 0 Å². The van der Waals surface area contributed by atoms with Gasteiger partial charge in [-0.15, -0.1) is 0 Å². The number of aromatic nitrogens is 2. The fourth-order valence-electron chi connectivity index (χ4n) is 4.27. The van der Waals surface area contributed by atoms with Crippen LogP contribution in [0.4, 0.5) is 10.5 Å². The molecule has 1 fully saturated rings. The lowest BCUT2D eigenvalue weighted by atomic mass is 10.1. The van der Waals surface area contributed by atoms with Gasteiger partial charge in [-0.3, -0.25) is 4.79 Å². The number of hydrogen-bond acceptors (Lipinski definition) is 8. The number of ether oxygens (including phenoxy) is 2. The average molecular weight is 508 g/mol. The zero-order valence-electron chi connectivity index (χ0n) is 21.1. The van der Waals surface area contributed by atoms with Crippen molar-refractivity contribution in [2.45, 2.75) is 33.0 Å². The van der Waals surface area contributed by atoms with E-state index < -0.39 is 11.7 Å². The number of hydrazine groups is 1. The summed E-state index contributed by atoms with van der Waals surface area (Å²) in [6.45, 7) is 7.58. The molecule has 4 N–H and O–H groups in total. The normalized spacial score (nSPS) is 16.3. The molecule has 0 aliphatic carbocycles. The van der Waals surface area contributed by atoms with Gasteiger partial charge in [-0.1, -0.05) is 11.6 Å². The summed E-state index contributed by atoms with van der Waals surface area (Å²) in [7, 11) is 0. The molecule has 11 nitrogen and oxygen atoms in total. The minimum atomic E-state index is -0.674. The number of rotatable bonds is 4. The second kappa shape index (κ2) is 9.94. The van der Waals surface area contributed by atoms with Crippen molar-refractivity contribution >= 4 is 34.3 Å². The molecule has 37 heavy (non-hydrogen) atoms. The molecule has 0 saturated carbocycles. The predicted molar refractivity (Wildman–Crippen MR) is 136 cm³/mol. The van der Waals surface area contributed by atoms with Gasteiger partial charge in [0, 0.05) is 24.0 Å². The Balaban J connectivity index is 1.42. The first-order valence-corrected chi connectivity index (χ1v) is 12.2. The van der Waals surface area contributed by atoms with Gasteiger partial charge in [0.2, 0.25) is 0 Å². The van der Waals surface area contributed by atoms with E-state index in [0.29, 0.717) is 48.6 Å². The standard InChI is InChI=1S/C26H30N6O5/c1-26(2,3)37-25(35)32-22-9-4-17(16-33)14-20(22)23(28-32)21-15-31(29-27-21)19-7-5-18(6-8-19)24(34)30-10-12-36-13-11-30/h4-9,14-15,27,29,33H,10-13,16H2,1-3H3/p+1. The molecule has 0 spiro atoms. The van der Waals surface area contributed by atoms with Crippen molar-refractivity contribution in [2.75, 3.05) is 31.3 Å². The first-order valence-electron chi connectivity index (χ1n) is 12.2. The Labute approximate surface area is 214 Å². The van der Waals surface area contributed by atoms with E-state index in [1.807, 2.05) is 29.4 Å². The fourth-order valence-corrected chi connectivity index (χ4v) is 4.27. The van der Waals surface area contributed by atoms with Gasteiger partial charge in [-0.2, -0.15) is 9.78 Å². The van der Waals surface area contributed by atoms with E-state index in [-0.39, 0.29) is 12.5 Å². The molecule has 0 radical (unpaired) electrons. The number of hydrogen-bond donors (Lipinski definition) is 3. The molecule has 1 amide bonds. The van der Waals surface area contributed by atoms with Crippen LogP contribution < -0.4 is 16.0 Å². The topological polar surface area (TPSA) is 126 Å². The fraction of sp³-hybridized carbons (Fsp3) is 0.346. The molecular formula is C26H31N6O5+. The molecule has 194 valence electrons.